The van der Waals surface area contributed by atoms with E-state index < -0.39 is 29.9 Å². The molecule has 0 fully saturated rings. The van der Waals surface area contributed by atoms with Gasteiger partial charge in [0.05, 0.1) is 6.61 Å². The number of nitrogens with two attached hydrogens (primary N) is 2. The molecule has 5 amide bonds. The maximum Gasteiger partial charge on any atom is 0.312 e. The van der Waals surface area contributed by atoms with E-state index in [9.17, 15) is 24.3 Å². The van der Waals surface area contributed by atoms with Crippen molar-refractivity contribution >= 4 is 29.4 Å². The van der Waals surface area contributed by atoms with E-state index in [1.54, 1.807) is 24.3 Å². The van der Waals surface area contributed by atoms with Crippen molar-refractivity contribution in [3.8, 4) is 0 Å². The minimum absolute atomic E-state index is 0.116. The van der Waals surface area contributed by atoms with Crippen molar-refractivity contribution in [3.05, 3.63) is 29.8 Å². The van der Waals surface area contributed by atoms with Crippen molar-refractivity contribution in [2.24, 2.45) is 17.4 Å². The quantitative estimate of drug-likeness (QED) is 0.166. The summed E-state index contributed by atoms with van der Waals surface area (Å²) in [6.07, 6.45) is 3.29. The number of hydrogen-bond donors (Lipinski definition) is 7. The second kappa shape index (κ2) is 16.4. The highest BCUT2D eigenvalue weighted by molar-refractivity contribution is 5.98. The molecular formula is C24H40N6O5. The van der Waals surface area contributed by atoms with Gasteiger partial charge in [0.15, 0.2) is 0 Å². The van der Waals surface area contributed by atoms with E-state index >= 15 is 0 Å². The molecule has 11 heteroatoms. The SMILES string of the molecule is CC(C)[C@H](NC(=O)CCCCCN)C(=O)N[C@@H](CCCNC(N)=O)C(=O)Nc1ccc(CO)cc1. The molecule has 0 aliphatic rings. The standard InChI is InChI=1S/C24H40N6O5/c1-16(2)21(30-20(32)8-4-3-5-13-25)23(34)29-19(7-6-14-27-24(26)35)22(33)28-18-11-9-17(15-31)10-12-18/h9-12,16,19,21,31H,3-8,13-15,25H2,1-2H3,(H,28,33)(H,29,34)(H,30,32)(H3,26,27,35)/t19-,21-/m0/s1. The number of hydrogen-bond acceptors (Lipinski definition) is 6. The summed E-state index contributed by atoms with van der Waals surface area (Å²) in [5.74, 6) is -1.33. The third kappa shape index (κ3) is 12.2. The number of primary amides is 1. The molecular weight excluding hydrogens is 452 g/mol. The van der Waals surface area contributed by atoms with Gasteiger partial charge < -0.3 is 37.8 Å². The number of carbonyl (C=O) groups is 4. The van der Waals surface area contributed by atoms with Crippen LogP contribution in [0.3, 0.4) is 0 Å². The van der Waals surface area contributed by atoms with Gasteiger partial charge in [-0.25, -0.2) is 4.79 Å². The Hall–Kier alpha value is -3.18. The van der Waals surface area contributed by atoms with Crippen molar-refractivity contribution in [2.75, 3.05) is 18.4 Å². The van der Waals surface area contributed by atoms with Crippen LogP contribution in [0.1, 0.15) is 57.9 Å². The summed E-state index contributed by atoms with van der Waals surface area (Å²) < 4.78 is 0. The van der Waals surface area contributed by atoms with Gasteiger partial charge in [-0.1, -0.05) is 32.4 Å². The molecule has 0 bridgehead atoms. The Morgan fingerprint density at radius 2 is 1.63 bits per heavy atom. The minimum atomic E-state index is -0.905. The smallest absolute Gasteiger partial charge is 0.312 e. The molecule has 1 aromatic carbocycles. The lowest BCUT2D eigenvalue weighted by molar-refractivity contribution is -0.132. The number of carbonyl (C=O) groups excluding carboxylic acids is 4. The first kappa shape index (κ1) is 29.9. The van der Waals surface area contributed by atoms with Crippen molar-refractivity contribution < 1.29 is 24.3 Å². The summed E-state index contributed by atoms with van der Waals surface area (Å²) in [5.41, 5.74) is 11.8. The van der Waals surface area contributed by atoms with Crippen molar-refractivity contribution in [3.63, 3.8) is 0 Å². The van der Waals surface area contributed by atoms with E-state index in [4.69, 9.17) is 11.5 Å². The van der Waals surface area contributed by atoms with Crippen LogP contribution in [-0.2, 0) is 21.0 Å². The molecule has 2 atom stereocenters. The summed E-state index contributed by atoms with van der Waals surface area (Å²) in [4.78, 5) is 49.3. The fourth-order valence-corrected chi connectivity index (χ4v) is 3.36. The zero-order chi connectivity index (χ0) is 26.2. The molecule has 0 radical (unpaired) electrons. The van der Waals surface area contributed by atoms with Gasteiger partial charge in [-0.3, -0.25) is 14.4 Å². The zero-order valence-corrected chi connectivity index (χ0v) is 20.6. The van der Waals surface area contributed by atoms with Crippen LogP contribution >= 0.6 is 0 Å². The van der Waals surface area contributed by atoms with Gasteiger partial charge >= 0.3 is 6.03 Å². The van der Waals surface area contributed by atoms with Gasteiger partial charge in [-0.05, 0) is 55.8 Å². The molecule has 0 aliphatic carbocycles. The number of urea groups is 1. The summed E-state index contributed by atoms with van der Waals surface area (Å²) >= 11 is 0. The van der Waals surface area contributed by atoms with Gasteiger partial charge in [-0.2, -0.15) is 0 Å². The van der Waals surface area contributed by atoms with Crippen LogP contribution in [0.5, 0.6) is 0 Å². The number of nitrogens with one attached hydrogen (secondary N) is 4. The van der Waals surface area contributed by atoms with Crippen LogP contribution in [-0.4, -0.2) is 54.0 Å². The molecule has 0 saturated carbocycles. The molecule has 0 spiro atoms. The molecule has 0 aliphatic heterocycles. The molecule has 9 N–H and O–H groups in total. The first-order valence-electron chi connectivity index (χ1n) is 12.0. The molecule has 1 rings (SSSR count). The number of anilines is 1. The molecule has 35 heavy (non-hydrogen) atoms. The Morgan fingerprint density at radius 3 is 2.20 bits per heavy atom. The Morgan fingerprint density at radius 1 is 0.943 bits per heavy atom. The van der Waals surface area contributed by atoms with E-state index in [-0.39, 0.29) is 31.4 Å². The topological polar surface area (TPSA) is 189 Å². The molecule has 196 valence electrons. The monoisotopic (exact) mass is 492 g/mol. The summed E-state index contributed by atoms with van der Waals surface area (Å²) in [7, 11) is 0. The maximum absolute atomic E-state index is 13.0. The van der Waals surface area contributed by atoms with Crippen LogP contribution in [0.25, 0.3) is 0 Å². The predicted molar refractivity (Wildman–Crippen MR) is 134 cm³/mol. The summed E-state index contributed by atoms with van der Waals surface area (Å²) in [5, 5.41) is 19.9. The molecule has 11 nitrogen and oxygen atoms in total. The number of benzene rings is 1. The number of rotatable bonds is 16. The third-order valence-electron chi connectivity index (χ3n) is 5.38. The van der Waals surface area contributed by atoms with Crippen LogP contribution in [0, 0.1) is 5.92 Å². The Labute approximate surface area is 206 Å². The van der Waals surface area contributed by atoms with Gasteiger partial charge in [0, 0.05) is 18.7 Å². The molecule has 0 aromatic heterocycles. The highest BCUT2D eigenvalue weighted by atomic mass is 16.3. The lowest BCUT2D eigenvalue weighted by Crippen LogP contribution is -2.54. The normalized spacial score (nSPS) is 12.5. The largest absolute Gasteiger partial charge is 0.392 e. The van der Waals surface area contributed by atoms with Gasteiger partial charge in [0.2, 0.25) is 17.7 Å². The number of amides is 5. The van der Waals surface area contributed by atoms with E-state index in [0.29, 0.717) is 37.1 Å². The molecule has 0 heterocycles. The highest BCUT2D eigenvalue weighted by Crippen LogP contribution is 2.12. The van der Waals surface area contributed by atoms with Crippen molar-refractivity contribution in [1.29, 1.82) is 0 Å². The summed E-state index contributed by atoms with van der Waals surface area (Å²) in [6.45, 7) is 4.33. The molecule has 0 saturated heterocycles. The van der Waals surface area contributed by atoms with Crippen LogP contribution < -0.4 is 32.7 Å². The Kier molecular flexibility index (Phi) is 14.0. The van der Waals surface area contributed by atoms with E-state index in [1.165, 1.54) is 0 Å². The third-order valence-corrected chi connectivity index (χ3v) is 5.38. The second-order valence-corrected chi connectivity index (χ2v) is 8.73. The van der Waals surface area contributed by atoms with E-state index in [2.05, 4.69) is 21.3 Å². The summed E-state index contributed by atoms with van der Waals surface area (Å²) in [6, 6.07) is 4.28. The minimum Gasteiger partial charge on any atom is -0.392 e. The van der Waals surface area contributed by atoms with E-state index in [0.717, 1.165) is 12.8 Å². The van der Waals surface area contributed by atoms with Crippen molar-refractivity contribution in [1.82, 2.24) is 16.0 Å². The van der Waals surface area contributed by atoms with Gasteiger partial charge in [0.25, 0.3) is 0 Å². The first-order valence-corrected chi connectivity index (χ1v) is 12.0. The predicted octanol–water partition coefficient (Wildman–Crippen LogP) is 0.711. The van der Waals surface area contributed by atoms with Crippen LogP contribution in [0.2, 0.25) is 0 Å². The Bertz CT molecular complexity index is 815. The lowest BCUT2D eigenvalue weighted by atomic mass is 10.0. The Balaban J connectivity index is 2.84. The molecule has 1 aromatic rings. The average molecular weight is 493 g/mol. The molecule has 0 unspecified atom stereocenters. The fraction of sp³-hybridized carbons (Fsp3) is 0.583. The van der Waals surface area contributed by atoms with Gasteiger partial charge in [0.1, 0.15) is 12.1 Å². The van der Waals surface area contributed by atoms with Crippen LogP contribution in [0.4, 0.5) is 10.5 Å². The van der Waals surface area contributed by atoms with Gasteiger partial charge in [-0.15, -0.1) is 0 Å². The number of aliphatic hydroxyl groups excluding tert-OH is 1. The van der Waals surface area contributed by atoms with Crippen molar-refractivity contribution in [2.45, 2.75) is 71.1 Å². The lowest BCUT2D eigenvalue weighted by Gasteiger charge is -2.25. The first-order chi connectivity index (χ1) is 16.7. The maximum atomic E-state index is 13.0. The number of aliphatic hydroxyl groups is 1. The van der Waals surface area contributed by atoms with Crippen LogP contribution in [0.15, 0.2) is 24.3 Å². The fourth-order valence-electron chi connectivity index (χ4n) is 3.36. The highest BCUT2D eigenvalue weighted by Gasteiger charge is 2.28. The van der Waals surface area contributed by atoms with E-state index in [1.807, 2.05) is 13.8 Å². The zero-order valence-electron chi connectivity index (χ0n) is 20.6. The average Bonchev–Trinajstić information content (AvgIpc) is 2.82. The second-order valence-electron chi connectivity index (χ2n) is 8.73. The number of unbranched alkanes of at least 4 members (excludes halogenated alkanes) is 2.